The predicted octanol–water partition coefficient (Wildman–Crippen LogP) is 4.16. The molecule has 3 rings (SSSR count). The first kappa shape index (κ1) is 29.2. The molecule has 0 saturated heterocycles. The van der Waals surface area contributed by atoms with Crippen LogP contribution in [0.5, 0.6) is 0 Å². The first-order chi connectivity index (χ1) is 18.3. The van der Waals surface area contributed by atoms with Crippen molar-refractivity contribution in [1.29, 1.82) is 5.41 Å². The zero-order valence-electron chi connectivity index (χ0n) is 21.1. The van der Waals surface area contributed by atoms with Crippen LogP contribution in [0.1, 0.15) is 34.5 Å². The Bertz CT molecular complexity index is 1210. The van der Waals surface area contributed by atoms with Crippen molar-refractivity contribution in [2.24, 2.45) is 11.5 Å². The number of nitrogen functional groups attached to an aromatic ring is 1. The third kappa shape index (κ3) is 8.34. The maximum absolute atomic E-state index is 12.5. The molecule has 0 spiro atoms. The smallest absolute Gasteiger partial charge is 0.287 e. The van der Waals surface area contributed by atoms with Crippen molar-refractivity contribution < 1.29 is 14.0 Å². The van der Waals surface area contributed by atoms with E-state index < -0.39 is 11.9 Å². The third-order valence-corrected chi connectivity index (χ3v) is 6.44. The Kier molecular flexibility index (Phi) is 11.2. The molecule has 0 fully saturated rings. The summed E-state index contributed by atoms with van der Waals surface area (Å²) in [4.78, 5) is 27.1. The van der Waals surface area contributed by atoms with Gasteiger partial charge in [-0.05, 0) is 42.7 Å². The van der Waals surface area contributed by atoms with Crippen LogP contribution < -0.4 is 21.7 Å². The number of nitrogens with zero attached hydrogens (tertiary/aromatic N) is 1. The van der Waals surface area contributed by atoms with Crippen molar-refractivity contribution in [3.05, 3.63) is 77.6 Å². The van der Waals surface area contributed by atoms with Gasteiger partial charge in [-0.2, -0.15) is 0 Å². The molecule has 2 aromatic carbocycles. The first-order valence-corrected chi connectivity index (χ1v) is 13.5. The van der Waals surface area contributed by atoms with Crippen molar-refractivity contribution in [3.63, 3.8) is 0 Å². The average Bonchev–Trinajstić information content (AvgIpc) is 3.42. The summed E-state index contributed by atoms with van der Waals surface area (Å²) in [6, 6.07) is 17.6. The van der Waals surface area contributed by atoms with Gasteiger partial charge in [0, 0.05) is 54.6 Å². The molecule has 38 heavy (non-hydrogen) atoms. The number of ketones is 1. The number of carbonyl (C=O) groups excluding carboxylic acids is 2. The second-order valence-corrected chi connectivity index (χ2v) is 9.58. The fraction of sp³-hybridized carbons (Fsp3) is 0.321. The van der Waals surface area contributed by atoms with Crippen molar-refractivity contribution in [1.82, 2.24) is 5.32 Å². The molecule has 6 N–H and O–H groups in total. The SMILES string of the molecule is N=C(N)c1ccc(-c2ccc(C(=O)NCC(N)C(=O)CCCc3ccc(N(CCCl)CCCl)cc3)o2)cc1. The number of carbonyl (C=O) groups is 2. The molecule has 8 nitrogen and oxygen atoms in total. The van der Waals surface area contributed by atoms with E-state index in [1.165, 1.54) is 0 Å². The van der Waals surface area contributed by atoms with E-state index in [1.54, 1.807) is 36.4 Å². The summed E-state index contributed by atoms with van der Waals surface area (Å²) in [5.74, 6) is 1.10. The molecular formula is C28H33Cl2N5O3. The number of amides is 1. The number of amidine groups is 1. The second-order valence-electron chi connectivity index (χ2n) is 8.82. The quantitative estimate of drug-likeness (QED) is 0.126. The number of benzene rings is 2. The Morgan fingerprint density at radius 3 is 2.24 bits per heavy atom. The highest BCUT2D eigenvalue weighted by atomic mass is 35.5. The van der Waals surface area contributed by atoms with Gasteiger partial charge in [0.2, 0.25) is 0 Å². The first-order valence-electron chi connectivity index (χ1n) is 12.4. The lowest BCUT2D eigenvalue weighted by molar-refractivity contribution is -0.120. The molecule has 1 atom stereocenters. The summed E-state index contributed by atoms with van der Waals surface area (Å²) < 4.78 is 5.65. The van der Waals surface area contributed by atoms with Gasteiger partial charge in [-0.15, -0.1) is 23.2 Å². The van der Waals surface area contributed by atoms with E-state index in [2.05, 4.69) is 10.2 Å². The second kappa shape index (κ2) is 14.6. The summed E-state index contributed by atoms with van der Waals surface area (Å²) >= 11 is 11.8. The van der Waals surface area contributed by atoms with Crippen LogP contribution in [0.3, 0.4) is 0 Å². The van der Waals surface area contributed by atoms with Crippen molar-refractivity contribution >= 4 is 46.4 Å². The largest absolute Gasteiger partial charge is 0.451 e. The zero-order chi connectivity index (χ0) is 27.5. The van der Waals surface area contributed by atoms with E-state index in [4.69, 9.17) is 44.5 Å². The number of Topliss-reactive ketones (excluding diaryl/α,β-unsaturated/α-hetero) is 1. The number of aryl methyl sites for hydroxylation is 1. The molecule has 1 heterocycles. The van der Waals surface area contributed by atoms with Gasteiger partial charge >= 0.3 is 0 Å². The Balaban J connectivity index is 1.42. The van der Waals surface area contributed by atoms with E-state index >= 15 is 0 Å². The van der Waals surface area contributed by atoms with E-state index in [0.717, 1.165) is 36.3 Å². The van der Waals surface area contributed by atoms with Crippen molar-refractivity contribution in [3.8, 4) is 11.3 Å². The summed E-state index contributed by atoms with van der Waals surface area (Å²) in [7, 11) is 0. The van der Waals surface area contributed by atoms with Gasteiger partial charge in [0.15, 0.2) is 11.5 Å². The van der Waals surface area contributed by atoms with Gasteiger partial charge in [0.1, 0.15) is 11.6 Å². The molecule has 10 heteroatoms. The summed E-state index contributed by atoms with van der Waals surface area (Å²) in [6.07, 6.45) is 1.74. The molecule has 0 bridgehead atoms. The number of nitrogens with two attached hydrogens (primary N) is 2. The molecule has 0 aliphatic rings. The topological polar surface area (TPSA) is 138 Å². The number of hydrogen-bond acceptors (Lipinski definition) is 6. The number of nitrogens with one attached hydrogen (secondary N) is 2. The van der Waals surface area contributed by atoms with Crippen molar-refractivity contribution in [2.45, 2.75) is 25.3 Å². The summed E-state index contributed by atoms with van der Waals surface area (Å²) in [6.45, 7) is 1.48. The average molecular weight is 559 g/mol. The Morgan fingerprint density at radius 1 is 0.974 bits per heavy atom. The maximum Gasteiger partial charge on any atom is 0.287 e. The highest BCUT2D eigenvalue weighted by molar-refractivity contribution is 6.18. The van der Waals surface area contributed by atoms with Crippen LogP contribution in [-0.4, -0.2) is 55.0 Å². The lowest BCUT2D eigenvalue weighted by Gasteiger charge is -2.23. The van der Waals surface area contributed by atoms with Crippen LogP contribution in [0, 0.1) is 5.41 Å². The van der Waals surface area contributed by atoms with E-state index in [0.29, 0.717) is 35.9 Å². The summed E-state index contributed by atoms with van der Waals surface area (Å²) in [5, 5.41) is 10.1. The van der Waals surface area contributed by atoms with Gasteiger partial charge < -0.3 is 26.1 Å². The van der Waals surface area contributed by atoms with E-state index in [1.807, 2.05) is 24.3 Å². The van der Waals surface area contributed by atoms with Crippen LogP contribution >= 0.6 is 23.2 Å². The monoisotopic (exact) mass is 557 g/mol. The number of anilines is 1. The van der Waals surface area contributed by atoms with Crippen LogP contribution in [0.15, 0.2) is 65.1 Å². The number of hydrogen-bond donors (Lipinski definition) is 4. The van der Waals surface area contributed by atoms with Gasteiger partial charge in [0.05, 0.1) is 6.04 Å². The van der Waals surface area contributed by atoms with Gasteiger partial charge in [-0.25, -0.2) is 0 Å². The molecule has 1 aromatic heterocycles. The fourth-order valence-electron chi connectivity index (χ4n) is 3.93. The Labute approximate surface area is 232 Å². The Hall–Kier alpha value is -3.33. The number of furan rings is 1. The highest BCUT2D eigenvalue weighted by Crippen LogP contribution is 2.23. The van der Waals surface area contributed by atoms with Crippen LogP contribution in [0.25, 0.3) is 11.3 Å². The van der Waals surface area contributed by atoms with Gasteiger partial charge in [-0.1, -0.05) is 36.4 Å². The minimum absolute atomic E-state index is 0.0205. The molecule has 0 radical (unpaired) electrons. The normalized spacial score (nSPS) is 11.7. The molecule has 1 amide bonds. The van der Waals surface area contributed by atoms with Crippen LogP contribution in [-0.2, 0) is 11.2 Å². The van der Waals surface area contributed by atoms with Crippen LogP contribution in [0.4, 0.5) is 5.69 Å². The van der Waals surface area contributed by atoms with Gasteiger partial charge in [-0.3, -0.25) is 15.0 Å². The highest BCUT2D eigenvalue weighted by Gasteiger charge is 2.17. The maximum atomic E-state index is 12.5. The summed E-state index contributed by atoms with van der Waals surface area (Å²) in [5.41, 5.74) is 15.0. The Morgan fingerprint density at radius 2 is 1.63 bits per heavy atom. The minimum atomic E-state index is -0.797. The lowest BCUT2D eigenvalue weighted by atomic mass is 10.0. The van der Waals surface area contributed by atoms with Crippen molar-refractivity contribution in [2.75, 3.05) is 36.3 Å². The molecule has 0 aliphatic heterocycles. The molecule has 0 saturated carbocycles. The lowest BCUT2D eigenvalue weighted by Crippen LogP contribution is -2.42. The third-order valence-electron chi connectivity index (χ3n) is 6.11. The molecular weight excluding hydrogens is 525 g/mol. The zero-order valence-corrected chi connectivity index (χ0v) is 22.6. The molecule has 1 unspecified atom stereocenters. The number of halogens is 2. The standard InChI is InChI=1S/C28H33Cl2N5O3/c29-14-16-35(17-15-30)22-10-4-19(5-11-22)2-1-3-24(36)23(31)18-34-28(37)26-13-12-25(38-26)20-6-8-21(9-7-20)27(32)33/h4-13,23H,1-3,14-18,31H2,(H3,32,33)(H,34,37). The van der Waals surface area contributed by atoms with Crippen LogP contribution in [0.2, 0.25) is 0 Å². The minimum Gasteiger partial charge on any atom is -0.451 e. The molecule has 3 aromatic rings. The molecule has 0 aliphatic carbocycles. The van der Waals surface area contributed by atoms with E-state index in [9.17, 15) is 9.59 Å². The van der Waals surface area contributed by atoms with E-state index in [-0.39, 0.29) is 23.9 Å². The fourth-order valence-corrected chi connectivity index (χ4v) is 4.34. The van der Waals surface area contributed by atoms with Gasteiger partial charge in [0.25, 0.3) is 5.91 Å². The molecule has 202 valence electrons. The predicted molar refractivity (Wildman–Crippen MR) is 154 cm³/mol. The number of rotatable bonds is 15. The number of alkyl halides is 2.